The fourth-order valence-electron chi connectivity index (χ4n) is 2.81. The van der Waals surface area contributed by atoms with Gasteiger partial charge in [0.15, 0.2) is 4.34 Å². The van der Waals surface area contributed by atoms with Crippen molar-refractivity contribution in [2.75, 3.05) is 0 Å². The lowest BCUT2D eigenvalue weighted by Crippen LogP contribution is -1.98. The van der Waals surface area contributed by atoms with E-state index in [2.05, 4.69) is 42.9 Å². The lowest BCUT2D eigenvalue weighted by Gasteiger charge is -2.12. The highest BCUT2D eigenvalue weighted by molar-refractivity contribution is 9.11. The molecule has 0 amide bonds. The maximum atomic E-state index is 9.64. The lowest BCUT2D eigenvalue weighted by molar-refractivity contribution is 0.302. The zero-order chi connectivity index (χ0) is 22.7. The highest BCUT2D eigenvalue weighted by Gasteiger charge is 2.12. The van der Waals surface area contributed by atoms with Gasteiger partial charge in [0.2, 0.25) is 0 Å². The summed E-state index contributed by atoms with van der Waals surface area (Å²) >= 11 is 22.2. The summed E-state index contributed by atoms with van der Waals surface area (Å²) in [6, 6.07) is 19.3. The van der Waals surface area contributed by atoms with Gasteiger partial charge >= 0.3 is 0 Å². The topological polar surface area (TPSA) is 45.9 Å². The number of allylic oxidation sites excluding steroid dienone is 1. The standard InChI is InChI=1S/C23H12Br2Cl2N2OS2/c24-17-8-13(7-16(11-28)31-23-29-20-3-1-2-4-21(20)32-23)9-18(25)22(17)30-12-14-5-6-15(26)10-19(14)27/h1-10H,12H2/b16-7+. The first kappa shape index (κ1) is 23.6. The number of nitrogens with zero attached hydrogens (tertiary/aromatic N) is 2. The average Bonchev–Trinajstić information content (AvgIpc) is 3.16. The maximum Gasteiger partial charge on any atom is 0.156 e. The van der Waals surface area contributed by atoms with Crippen molar-refractivity contribution in [3.8, 4) is 11.8 Å². The van der Waals surface area contributed by atoms with Crippen LogP contribution in [0.4, 0.5) is 0 Å². The number of thioether (sulfide) groups is 1. The molecule has 9 heteroatoms. The van der Waals surface area contributed by atoms with Crippen LogP contribution >= 0.6 is 78.2 Å². The van der Waals surface area contributed by atoms with Crippen LogP contribution in [0.3, 0.4) is 0 Å². The number of benzene rings is 3. The molecule has 1 heterocycles. The highest BCUT2D eigenvalue weighted by Crippen LogP contribution is 2.38. The minimum atomic E-state index is 0.291. The van der Waals surface area contributed by atoms with Crippen molar-refractivity contribution in [3.63, 3.8) is 0 Å². The summed E-state index contributed by atoms with van der Waals surface area (Å²) in [7, 11) is 0. The van der Waals surface area contributed by atoms with Crippen molar-refractivity contribution < 1.29 is 4.74 Å². The second kappa shape index (κ2) is 10.6. The molecule has 0 unspecified atom stereocenters. The van der Waals surface area contributed by atoms with Gasteiger partial charge in [-0.15, -0.1) is 11.3 Å². The number of para-hydroxylation sites is 1. The monoisotopic (exact) mass is 624 g/mol. The summed E-state index contributed by atoms with van der Waals surface area (Å²) in [5, 5.41) is 10.8. The molecule has 0 aliphatic heterocycles. The van der Waals surface area contributed by atoms with Crippen LogP contribution in [0.1, 0.15) is 11.1 Å². The molecular weight excluding hydrogens is 615 g/mol. The van der Waals surface area contributed by atoms with Gasteiger partial charge in [-0.05, 0) is 91.7 Å². The summed E-state index contributed by atoms with van der Waals surface area (Å²) in [6.07, 6.45) is 1.83. The van der Waals surface area contributed by atoms with Gasteiger partial charge in [0.05, 0.1) is 24.1 Å². The second-order valence-electron chi connectivity index (χ2n) is 6.51. The van der Waals surface area contributed by atoms with E-state index >= 15 is 0 Å². The quantitative estimate of drug-likeness (QED) is 0.158. The molecule has 0 saturated carbocycles. The van der Waals surface area contributed by atoms with Crippen LogP contribution in [0.5, 0.6) is 5.75 Å². The first-order valence-corrected chi connectivity index (χ1v) is 13.1. The first-order chi connectivity index (χ1) is 15.4. The summed E-state index contributed by atoms with van der Waals surface area (Å²) in [5.41, 5.74) is 2.62. The van der Waals surface area contributed by atoms with Crippen LogP contribution in [-0.4, -0.2) is 4.98 Å². The van der Waals surface area contributed by atoms with Gasteiger partial charge in [0.25, 0.3) is 0 Å². The van der Waals surface area contributed by atoms with Gasteiger partial charge in [0, 0.05) is 15.6 Å². The van der Waals surface area contributed by atoms with Crippen LogP contribution in [0.2, 0.25) is 10.0 Å². The molecule has 0 aliphatic carbocycles. The molecule has 0 spiro atoms. The Bertz CT molecular complexity index is 1330. The summed E-state index contributed by atoms with van der Waals surface area (Å²) in [4.78, 5) is 5.13. The van der Waals surface area contributed by atoms with Crippen LogP contribution in [-0.2, 0) is 6.61 Å². The smallest absolute Gasteiger partial charge is 0.156 e. The normalized spacial score (nSPS) is 11.5. The molecule has 160 valence electrons. The second-order valence-corrected chi connectivity index (χ2v) is 11.4. The van der Waals surface area contributed by atoms with E-state index in [1.54, 1.807) is 23.5 Å². The van der Waals surface area contributed by atoms with Gasteiger partial charge in [-0.2, -0.15) is 5.26 Å². The molecule has 0 fully saturated rings. The Balaban J connectivity index is 1.53. The minimum Gasteiger partial charge on any atom is -0.486 e. The minimum absolute atomic E-state index is 0.291. The van der Waals surface area contributed by atoms with E-state index in [0.29, 0.717) is 27.3 Å². The molecule has 3 aromatic carbocycles. The molecule has 0 radical (unpaired) electrons. The Hall–Kier alpha value is -1.53. The molecule has 1 aromatic heterocycles. The van der Waals surface area contributed by atoms with Crippen molar-refractivity contribution in [2.24, 2.45) is 0 Å². The molecule has 0 atom stereocenters. The number of fused-ring (bicyclic) bond motifs is 1. The molecule has 0 saturated heterocycles. The SMILES string of the molecule is N#C/C(=C\c1cc(Br)c(OCc2ccc(Cl)cc2Cl)c(Br)c1)Sc1nc2ccccc2s1. The number of halogens is 4. The Morgan fingerprint density at radius 3 is 2.56 bits per heavy atom. The lowest BCUT2D eigenvalue weighted by atomic mass is 10.2. The van der Waals surface area contributed by atoms with Gasteiger partial charge in [-0.3, -0.25) is 0 Å². The number of hydrogen-bond acceptors (Lipinski definition) is 5. The largest absolute Gasteiger partial charge is 0.486 e. The number of ether oxygens (including phenoxy) is 1. The molecule has 4 aromatic rings. The fraction of sp³-hybridized carbons (Fsp3) is 0.0435. The first-order valence-electron chi connectivity index (χ1n) is 9.14. The zero-order valence-electron chi connectivity index (χ0n) is 16.1. The Morgan fingerprint density at radius 2 is 1.88 bits per heavy atom. The number of aromatic nitrogens is 1. The summed E-state index contributed by atoms with van der Waals surface area (Å²) in [6.45, 7) is 0.291. The van der Waals surface area contributed by atoms with E-state index < -0.39 is 0 Å². The molecular formula is C23H12Br2Cl2N2OS2. The van der Waals surface area contributed by atoms with E-state index in [9.17, 15) is 5.26 Å². The van der Waals surface area contributed by atoms with Gasteiger partial charge in [0.1, 0.15) is 18.4 Å². The van der Waals surface area contributed by atoms with Gasteiger partial charge in [-0.25, -0.2) is 4.98 Å². The van der Waals surface area contributed by atoms with E-state index in [-0.39, 0.29) is 0 Å². The third kappa shape index (κ3) is 5.69. The zero-order valence-corrected chi connectivity index (χ0v) is 22.4. The third-order valence-corrected chi connectivity index (χ3v) is 8.08. The van der Waals surface area contributed by atoms with Crippen molar-refractivity contribution >= 4 is 94.5 Å². The van der Waals surface area contributed by atoms with Gasteiger partial charge in [-0.1, -0.05) is 41.4 Å². The predicted molar refractivity (Wildman–Crippen MR) is 142 cm³/mol. The maximum absolute atomic E-state index is 9.64. The van der Waals surface area contributed by atoms with Gasteiger partial charge < -0.3 is 4.74 Å². The summed E-state index contributed by atoms with van der Waals surface area (Å²) in [5.74, 6) is 0.644. The van der Waals surface area contributed by atoms with Crippen LogP contribution in [0, 0.1) is 11.3 Å². The van der Waals surface area contributed by atoms with Crippen molar-refractivity contribution in [3.05, 3.63) is 89.6 Å². The van der Waals surface area contributed by atoms with E-state index in [4.69, 9.17) is 27.9 Å². The molecule has 32 heavy (non-hydrogen) atoms. The molecule has 3 nitrogen and oxygen atoms in total. The van der Waals surface area contributed by atoms with Crippen molar-refractivity contribution in [2.45, 2.75) is 10.9 Å². The third-order valence-electron chi connectivity index (χ3n) is 4.29. The molecule has 0 N–H and O–H groups in total. The van der Waals surface area contributed by atoms with Crippen LogP contribution in [0.25, 0.3) is 16.3 Å². The van der Waals surface area contributed by atoms with E-state index in [0.717, 1.165) is 34.6 Å². The van der Waals surface area contributed by atoms with E-state index in [1.165, 1.54) is 11.8 Å². The summed E-state index contributed by atoms with van der Waals surface area (Å²) < 4.78 is 9.41. The molecule has 4 rings (SSSR count). The van der Waals surface area contributed by atoms with E-state index in [1.807, 2.05) is 48.5 Å². The number of nitriles is 1. The number of hydrogen-bond donors (Lipinski definition) is 0. The Morgan fingerprint density at radius 1 is 1.12 bits per heavy atom. The van der Waals surface area contributed by atoms with Crippen LogP contribution in [0.15, 0.2) is 72.8 Å². The van der Waals surface area contributed by atoms with Crippen LogP contribution < -0.4 is 4.74 Å². The molecule has 0 bridgehead atoms. The fourth-order valence-corrected chi connectivity index (χ4v) is 6.70. The Kier molecular flexibility index (Phi) is 7.83. The predicted octanol–water partition coefficient (Wildman–Crippen LogP) is 9.36. The number of rotatable bonds is 6. The molecule has 0 aliphatic rings. The van der Waals surface area contributed by atoms with Crippen molar-refractivity contribution in [1.29, 1.82) is 5.26 Å². The van der Waals surface area contributed by atoms with Crippen molar-refractivity contribution in [1.82, 2.24) is 4.98 Å². The number of thiazole rings is 1. The Labute approximate surface area is 220 Å². The highest BCUT2D eigenvalue weighted by atomic mass is 79.9. The average molecular weight is 627 g/mol.